The summed E-state index contributed by atoms with van der Waals surface area (Å²) in [6.07, 6.45) is 1.96. The summed E-state index contributed by atoms with van der Waals surface area (Å²) in [5.74, 6) is 3.26. The maximum absolute atomic E-state index is 12.9. The molecular formula is C25H32N4O3. The van der Waals surface area contributed by atoms with E-state index in [9.17, 15) is 4.79 Å². The van der Waals surface area contributed by atoms with E-state index in [1.54, 1.807) is 0 Å². The highest BCUT2D eigenvalue weighted by Crippen LogP contribution is 2.33. The number of carbonyl (C=O) groups excluding carboxylic acids is 1. The lowest BCUT2D eigenvalue weighted by Gasteiger charge is -2.33. The molecule has 0 bridgehead atoms. The second-order valence-corrected chi connectivity index (χ2v) is 8.87. The number of fused-ring (bicyclic) bond motifs is 1. The predicted molar refractivity (Wildman–Crippen MR) is 125 cm³/mol. The first kappa shape index (κ1) is 22.1. The monoisotopic (exact) mass is 436 g/mol. The van der Waals surface area contributed by atoms with Crippen LogP contribution in [0.2, 0.25) is 0 Å². The van der Waals surface area contributed by atoms with Crippen molar-refractivity contribution >= 4 is 22.8 Å². The van der Waals surface area contributed by atoms with Crippen molar-refractivity contribution in [3.05, 3.63) is 47.0 Å². The number of piperidine rings is 1. The van der Waals surface area contributed by atoms with Crippen molar-refractivity contribution in [3.63, 3.8) is 0 Å². The number of ether oxygens (including phenoxy) is 1. The number of nitrogens with zero attached hydrogens (tertiary/aromatic N) is 3. The lowest BCUT2D eigenvalue weighted by molar-refractivity contribution is -0.125. The van der Waals surface area contributed by atoms with Crippen molar-refractivity contribution in [1.82, 2.24) is 15.3 Å². The van der Waals surface area contributed by atoms with Gasteiger partial charge in [0.25, 0.3) is 0 Å². The Hall–Kier alpha value is -3.09. The van der Waals surface area contributed by atoms with Crippen LogP contribution in [0.5, 0.6) is 5.75 Å². The van der Waals surface area contributed by atoms with E-state index in [1.807, 2.05) is 58.9 Å². The Bertz CT molecular complexity index is 1100. The van der Waals surface area contributed by atoms with Gasteiger partial charge in [0, 0.05) is 25.2 Å². The van der Waals surface area contributed by atoms with Crippen LogP contribution < -0.4 is 15.0 Å². The molecule has 1 aliphatic rings. The molecule has 3 aromatic rings. The summed E-state index contributed by atoms with van der Waals surface area (Å²) in [4.78, 5) is 24.3. The quantitative estimate of drug-likeness (QED) is 0.614. The second-order valence-electron chi connectivity index (χ2n) is 8.87. The lowest BCUT2D eigenvalue weighted by atomic mass is 9.96. The van der Waals surface area contributed by atoms with Crippen LogP contribution in [0.25, 0.3) is 11.1 Å². The predicted octanol–water partition coefficient (Wildman–Crippen LogP) is 4.47. The van der Waals surface area contributed by atoms with Gasteiger partial charge in [0.15, 0.2) is 0 Å². The lowest BCUT2D eigenvalue weighted by Crippen LogP contribution is -2.43. The topological polar surface area (TPSA) is 80.5 Å². The van der Waals surface area contributed by atoms with Crippen molar-refractivity contribution in [3.8, 4) is 5.75 Å². The standard InChI is InChI=1S/C25H32N4O3/c1-15(2)31-21-10-8-19(9-11-21)13-26-24(30)20-7-6-12-29(14-20)23-22-16(3)17(4)32-25(22)28-18(5)27-23/h8-11,15,20H,6-7,12-14H2,1-5H3,(H,26,30)/t20-/m0/s1. The maximum Gasteiger partial charge on any atom is 0.231 e. The van der Waals surface area contributed by atoms with Gasteiger partial charge in [-0.3, -0.25) is 4.79 Å². The number of rotatable bonds is 6. The van der Waals surface area contributed by atoms with Gasteiger partial charge in [-0.2, -0.15) is 4.98 Å². The fourth-order valence-corrected chi connectivity index (χ4v) is 4.24. The van der Waals surface area contributed by atoms with Gasteiger partial charge in [-0.05, 0) is 65.2 Å². The van der Waals surface area contributed by atoms with Crippen molar-refractivity contribution in [2.75, 3.05) is 18.0 Å². The average molecular weight is 437 g/mol. The Balaban J connectivity index is 1.43. The van der Waals surface area contributed by atoms with E-state index in [2.05, 4.69) is 15.2 Å². The molecule has 170 valence electrons. The average Bonchev–Trinajstić information content (AvgIpc) is 3.05. The van der Waals surface area contributed by atoms with Gasteiger partial charge in [0.1, 0.15) is 23.2 Å². The van der Waals surface area contributed by atoms with Crippen LogP contribution >= 0.6 is 0 Å². The SMILES string of the molecule is Cc1nc(N2CCC[C@H](C(=O)NCc3ccc(OC(C)C)cc3)C2)c2c(C)c(C)oc2n1. The third-order valence-corrected chi connectivity index (χ3v) is 5.97. The molecule has 1 aliphatic heterocycles. The minimum Gasteiger partial charge on any atom is -0.491 e. The Morgan fingerprint density at radius 3 is 2.69 bits per heavy atom. The normalized spacial score (nSPS) is 16.6. The summed E-state index contributed by atoms with van der Waals surface area (Å²) in [5.41, 5.74) is 2.74. The molecule has 2 aromatic heterocycles. The molecule has 0 saturated carbocycles. The molecule has 1 fully saturated rings. The number of anilines is 1. The number of amides is 1. The van der Waals surface area contributed by atoms with Crippen LogP contribution in [0.4, 0.5) is 5.82 Å². The molecule has 4 rings (SSSR count). The number of nitrogens with one attached hydrogen (secondary N) is 1. The van der Waals surface area contributed by atoms with Crippen LogP contribution in [-0.4, -0.2) is 35.1 Å². The van der Waals surface area contributed by atoms with Crippen LogP contribution in [0.15, 0.2) is 28.7 Å². The smallest absolute Gasteiger partial charge is 0.231 e. The molecule has 1 atom stereocenters. The highest BCUT2D eigenvalue weighted by atomic mass is 16.5. The van der Waals surface area contributed by atoms with Crippen LogP contribution in [-0.2, 0) is 11.3 Å². The van der Waals surface area contributed by atoms with Gasteiger partial charge >= 0.3 is 0 Å². The summed E-state index contributed by atoms with van der Waals surface area (Å²) < 4.78 is 11.5. The van der Waals surface area contributed by atoms with E-state index in [0.717, 1.165) is 53.2 Å². The highest BCUT2D eigenvalue weighted by Gasteiger charge is 2.29. The molecule has 0 spiro atoms. The number of benzene rings is 1. The van der Waals surface area contributed by atoms with Gasteiger partial charge in [-0.25, -0.2) is 4.98 Å². The fraction of sp³-hybridized carbons (Fsp3) is 0.480. The molecule has 1 N–H and O–H groups in total. The zero-order valence-corrected chi connectivity index (χ0v) is 19.6. The highest BCUT2D eigenvalue weighted by molar-refractivity contribution is 5.90. The molecule has 1 saturated heterocycles. The van der Waals surface area contributed by atoms with Crippen molar-refractivity contribution in [2.24, 2.45) is 5.92 Å². The molecule has 0 radical (unpaired) electrons. The minimum atomic E-state index is -0.0778. The molecule has 7 heteroatoms. The Labute approximate surface area is 189 Å². The summed E-state index contributed by atoms with van der Waals surface area (Å²) in [6, 6.07) is 7.88. The molecule has 1 amide bonds. The molecule has 7 nitrogen and oxygen atoms in total. The summed E-state index contributed by atoms with van der Waals surface area (Å²) in [5, 5.41) is 4.06. The minimum absolute atomic E-state index is 0.0778. The van der Waals surface area contributed by atoms with E-state index in [0.29, 0.717) is 24.6 Å². The van der Waals surface area contributed by atoms with Crippen molar-refractivity contribution < 1.29 is 13.9 Å². The molecule has 32 heavy (non-hydrogen) atoms. The first-order chi connectivity index (χ1) is 15.3. The van der Waals surface area contributed by atoms with Crippen LogP contribution in [0.1, 0.15) is 49.4 Å². The maximum atomic E-state index is 12.9. The summed E-state index contributed by atoms with van der Waals surface area (Å²) in [6.45, 7) is 11.9. The van der Waals surface area contributed by atoms with Crippen LogP contribution in [0, 0.1) is 26.7 Å². The van der Waals surface area contributed by atoms with Crippen molar-refractivity contribution in [2.45, 2.75) is 60.1 Å². The fourth-order valence-electron chi connectivity index (χ4n) is 4.24. The first-order valence-corrected chi connectivity index (χ1v) is 11.3. The molecule has 0 aliphatic carbocycles. The Morgan fingerprint density at radius 1 is 1.22 bits per heavy atom. The molecule has 0 unspecified atom stereocenters. The van der Waals surface area contributed by atoms with Gasteiger partial charge < -0.3 is 19.4 Å². The number of aryl methyl sites for hydroxylation is 3. The van der Waals surface area contributed by atoms with E-state index in [-0.39, 0.29) is 17.9 Å². The first-order valence-electron chi connectivity index (χ1n) is 11.3. The van der Waals surface area contributed by atoms with E-state index < -0.39 is 0 Å². The van der Waals surface area contributed by atoms with Gasteiger partial charge in [-0.1, -0.05) is 12.1 Å². The molecule has 3 heterocycles. The molecule has 1 aromatic carbocycles. The number of aromatic nitrogens is 2. The number of hydrogen-bond donors (Lipinski definition) is 1. The summed E-state index contributed by atoms with van der Waals surface area (Å²) in [7, 11) is 0. The number of carbonyl (C=O) groups is 1. The summed E-state index contributed by atoms with van der Waals surface area (Å²) >= 11 is 0. The largest absolute Gasteiger partial charge is 0.491 e. The van der Waals surface area contributed by atoms with E-state index >= 15 is 0 Å². The van der Waals surface area contributed by atoms with Gasteiger partial charge in [0.05, 0.1) is 17.4 Å². The number of hydrogen-bond acceptors (Lipinski definition) is 6. The zero-order valence-electron chi connectivity index (χ0n) is 19.6. The zero-order chi connectivity index (χ0) is 22.8. The Morgan fingerprint density at radius 2 is 1.97 bits per heavy atom. The molecular weight excluding hydrogens is 404 g/mol. The van der Waals surface area contributed by atoms with Gasteiger partial charge in [-0.15, -0.1) is 0 Å². The number of furan rings is 1. The second kappa shape index (κ2) is 9.18. The van der Waals surface area contributed by atoms with E-state index in [1.165, 1.54) is 0 Å². The van der Waals surface area contributed by atoms with E-state index in [4.69, 9.17) is 14.1 Å². The third kappa shape index (κ3) is 4.71. The Kier molecular flexibility index (Phi) is 6.35. The third-order valence-electron chi connectivity index (χ3n) is 5.97. The van der Waals surface area contributed by atoms with Crippen LogP contribution in [0.3, 0.4) is 0 Å². The van der Waals surface area contributed by atoms with Crippen molar-refractivity contribution in [1.29, 1.82) is 0 Å². The van der Waals surface area contributed by atoms with Gasteiger partial charge in [0.2, 0.25) is 11.6 Å².